The molecular weight excluding hydrogens is 260 g/mol. The second-order valence-electron chi connectivity index (χ2n) is 5.02. The van der Waals surface area contributed by atoms with E-state index in [9.17, 15) is 14.7 Å². The van der Waals surface area contributed by atoms with Crippen LogP contribution in [0.3, 0.4) is 0 Å². The van der Waals surface area contributed by atoms with Gasteiger partial charge in [-0.2, -0.15) is 0 Å². The lowest BCUT2D eigenvalue weighted by Crippen LogP contribution is -2.32. The molecule has 1 aliphatic rings. The molecule has 0 aliphatic heterocycles. The van der Waals surface area contributed by atoms with Gasteiger partial charge in [-0.1, -0.05) is 13.3 Å². The summed E-state index contributed by atoms with van der Waals surface area (Å²) in [5.41, 5.74) is 0.0292. The van der Waals surface area contributed by atoms with Crippen molar-refractivity contribution < 1.29 is 19.8 Å². The fourth-order valence-corrected chi connectivity index (χ4v) is 2.26. The van der Waals surface area contributed by atoms with E-state index >= 15 is 0 Å². The molecule has 2 rings (SSSR count). The predicted molar refractivity (Wildman–Crippen MR) is 74.0 cm³/mol. The number of aromatic carboxylic acids is 1. The second-order valence-corrected chi connectivity index (χ2v) is 5.02. The number of phenols is 1. The molecule has 2 unspecified atom stereocenters. The van der Waals surface area contributed by atoms with Crippen LogP contribution in [0.2, 0.25) is 0 Å². The zero-order valence-corrected chi connectivity index (χ0v) is 11.2. The van der Waals surface area contributed by atoms with Crippen molar-refractivity contribution in [3.8, 4) is 5.75 Å². The molecule has 0 radical (unpaired) electrons. The molecule has 20 heavy (non-hydrogen) atoms. The first-order valence-electron chi connectivity index (χ1n) is 6.65. The van der Waals surface area contributed by atoms with Crippen LogP contribution >= 0.6 is 0 Å². The van der Waals surface area contributed by atoms with Crippen LogP contribution in [0.25, 0.3) is 0 Å². The fourth-order valence-electron chi connectivity index (χ4n) is 2.26. The molecule has 1 saturated carbocycles. The van der Waals surface area contributed by atoms with E-state index in [1.165, 1.54) is 12.1 Å². The first kappa shape index (κ1) is 14.2. The Balaban J connectivity index is 1.96. The van der Waals surface area contributed by atoms with Gasteiger partial charge in [-0.05, 0) is 37.0 Å². The van der Waals surface area contributed by atoms with Crippen LogP contribution in [0, 0.1) is 5.92 Å². The van der Waals surface area contributed by atoms with E-state index in [1.54, 1.807) is 0 Å². The minimum Gasteiger partial charge on any atom is -0.508 e. The highest BCUT2D eigenvalue weighted by atomic mass is 16.4. The summed E-state index contributed by atoms with van der Waals surface area (Å²) >= 11 is 0. The van der Waals surface area contributed by atoms with Crippen LogP contribution in [0.5, 0.6) is 5.75 Å². The number of carbonyl (C=O) groups excluding carboxylic acids is 1. The molecule has 2 amide bonds. The Bertz CT molecular complexity index is 530. The number of benzene rings is 1. The van der Waals surface area contributed by atoms with Gasteiger partial charge in [0.1, 0.15) is 5.75 Å². The number of urea groups is 1. The van der Waals surface area contributed by atoms with Crippen LogP contribution < -0.4 is 10.6 Å². The molecule has 0 bridgehead atoms. The van der Waals surface area contributed by atoms with Gasteiger partial charge in [0, 0.05) is 6.04 Å². The first-order chi connectivity index (χ1) is 9.51. The smallest absolute Gasteiger partial charge is 0.337 e. The van der Waals surface area contributed by atoms with Gasteiger partial charge in [-0.25, -0.2) is 9.59 Å². The number of carbonyl (C=O) groups is 2. The highest BCUT2D eigenvalue weighted by molar-refractivity contribution is 6.00. The topological polar surface area (TPSA) is 98.7 Å². The van der Waals surface area contributed by atoms with Gasteiger partial charge in [-0.15, -0.1) is 0 Å². The third kappa shape index (κ3) is 3.40. The maximum absolute atomic E-state index is 11.8. The average Bonchev–Trinajstić information content (AvgIpc) is 3.09. The van der Waals surface area contributed by atoms with E-state index in [-0.39, 0.29) is 23.0 Å². The van der Waals surface area contributed by atoms with Crippen molar-refractivity contribution in [3.05, 3.63) is 23.8 Å². The predicted octanol–water partition coefficient (Wildman–Crippen LogP) is 2.40. The summed E-state index contributed by atoms with van der Waals surface area (Å²) in [7, 11) is 0. The number of aromatic hydroxyl groups is 1. The van der Waals surface area contributed by atoms with Crippen LogP contribution in [-0.4, -0.2) is 28.3 Å². The Hall–Kier alpha value is -2.24. The minimum absolute atomic E-state index is 0.138. The quantitative estimate of drug-likeness (QED) is 0.621. The Labute approximate surface area is 116 Å². The van der Waals surface area contributed by atoms with Gasteiger partial charge >= 0.3 is 12.0 Å². The summed E-state index contributed by atoms with van der Waals surface area (Å²) in [5, 5.41) is 23.6. The standard InChI is InChI=1S/C14H18N2O4/c1-2-3-8-6-12(8)16-14(20)15-11-5-4-9(17)7-10(11)13(18)19/h4-5,7-8,12,17H,2-3,6H2,1H3,(H,18,19)(H2,15,16,20). The van der Waals surface area contributed by atoms with E-state index in [1.807, 2.05) is 0 Å². The number of rotatable bonds is 5. The zero-order chi connectivity index (χ0) is 14.7. The molecule has 6 nitrogen and oxygen atoms in total. The van der Waals surface area contributed by atoms with Crippen molar-refractivity contribution in [3.63, 3.8) is 0 Å². The number of anilines is 1. The Morgan fingerprint density at radius 3 is 2.80 bits per heavy atom. The van der Waals surface area contributed by atoms with Crippen molar-refractivity contribution in [1.29, 1.82) is 0 Å². The van der Waals surface area contributed by atoms with E-state index in [0.29, 0.717) is 5.92 Å². The lowest BCUT2D eigenvalue weighted by Gasteiger charge is -2.10. The van der Waals surface area contributed by atoms with Crippen LogP contribution in [-0.2, 0) is 0 Å². The van der Waals surface area contributed by atoms with Crippen LogP contribution in [0.15, 0.2) is 18.2 Å². The third-order valence-corrected chi connectivity index (χ3v) is 3.38. The molecule has 6 heteroatoms. The summed E-state index contributed by atoms with van der Waals surface area (Å²) in [5.74, 6) is -0.824. The highest BCUT2D eigenvalue weighted by Crippen LogP contribution is 2.34. The van der Waals surface area contributed by atoms with Gasteiger partial charge in [0.25, 0.3) is 0 Å². The van der Waals surface area contributed by atoms with Gasteiger partial charge in [0.2, 0.25) is 0 Å². The molecular formula is C14H18N2O4. The monoisotopic (exact) mass is 278 g/mol. The maximum atomic E-state index is 11.8. The average molecular weight is 278 g/mol. The van der Waals surface area contributed by atoms with E-state index < -0.39 is 12.0 Å². The number of carboxylic acid groups (broad SMARTS) is 1. The Morgan fingerprint density at radius 1 is 1.40 bits per heavy atom. The molecule has 2 atom stereocenters. The zero-order valence-electron chi connectivity index (χ0n) is 11.2. The molecule has 4 N–H and O–H groups in total. The Morgan fingerprint density at radius 2 is 2.15 bits per heavy atom. The van der Waals surface area contributed by atoms with Crippen molar-refractivity contribution in [2.45, 2.75) is 32.2 Å². The SMILES string of the molecule is CCCC1CC1NC(=O)Nc1ccc(O)cc1C(=O)O. The molecule has 108 valence electrons. The van der Waals surface area contributed by atoms with Gasteiger partial charge in [0.15, 0.2) is 0 Å². The largest absolute Gasteiger partial charge is 0.508 e. The lowest BCUT2D eigenvalue weighted by atomic mass is 10.1. The molecule has 0 spiro atoms. The van der Waals surface area contributed by atoms with Crippen molar-refractivity contribution >= 4 is 17.7 Å². The summed E-state index contributed by atoms with van der Waals surface area (Å²) in [6.45, 7) is 2.10. The number of hydrogen-bond donors (Lipinski definition) is 4. The summed E-state index contributed by atoms with van der Waals surface area (Å²) in [4.78, 5) is 22.8. The number of phenolic OH excluding ortho intramolecular Hbond substituents is 1. The number of hydrogen-bond acceptors (Lipinski definition) is 3. The highest BCUT2D eigenvalue weighted by Gasteiger charge is 2.37. The van der Waals surface area contributed by atoms with E-state index in [0.717, 1.165) is 25.3 Å². The number of amides is 2. The summed E-state index contributed by atoms with van der Waals surface area (Å²) in [6.07, 6.45) is 3.15. The van der Waals surface area contributed by atoms with Crippen molar-refractivity contribution in [1.82, 2.24) is 5.32 Å². The normalized spacial score (nSPS) is 20.2. The molecule has 1 aromatic carbocycles. The van der Waals surface area contributed by atoms with Crippen LogP contribution in [0.4, 0.5) is 10.5 Å². The third-order valence-electron chi connectivity index (χ3n) is 3.38. The summed E-state index contributed by atoms with van der Waals surface area (Å²) < 4.78 is 0. The lowest BCUT2D eigenvalue weighted by molar-refractivity contribution is 0.0697. The minimum atomic E-state index is -1.20. The molecule has 0 saturated heterocycles. The number of nitrogens with one attached hydrogen (secondary N) is 2. The van der Waals surface area contributed by atoms with Crippen LogP contribution in [0.1, 0.15) is 36.5 Å². The van der Waals surface area contributed by atoms with Gasteiger partial charge in [-0.3, -0.25) is 0 Å². The van der Waals surface area contributed by atoms with Gasteiger partial charge in [0.05, 0.1) is 11.3 Å². The van der Waals surface area contributed by atoms with E-state index in [2.05, 4.69) is 17.6 Å². The van der Waals surface area contributed by atoms with Crippen molar-refractivity contribution in [2.24, 2.45) is 5.92 Å². The first-order valence-corrected chi connectivity index (χ1v) is 6.65. The summed E-state index contributed by atoms with van der Waals surface area (Å²) in [6, 6.07) is 3.57. The maximum Gasteiger partial charge on any atom is 0.337 e. The van der Waals surface area contributed by atoms with E-state index in [4.69, 9.17) is 5.11 Å². The fraction of sp³-hybridized carbons (Fsp3) is 0.429. The molecule has 1 aromatic rings. The number of carboxylic acids is 1. The Kier molecular flexibility index (Phi) is 4.12. The van der Waals surface area contributed by atoms with Crippen molar-refractivity contribution in [2.75, 3.05) is 5.32 Å². The molecule has 1 aliphatic carbocycles. The molecule has 1 fully saturated rings. The second kappa shape index (κ2) is 5.81. The van der Waals surface area contributed by atoms with Gasteiger partial charge < -0.3 is 20.8 Å². The molecule has 0 heterocycles. The molecule has 0 aromatic heterocycles.